The fourth-order valence-corrected chi connectivity index (χ4v) is 1.97. The van der Waals surface area contributed by atoms with E-state index in [-0.39, 0.29) is 11.4 Å². The Morgan fingerprint density at radius 1 is 1.24 bits per heavy atom. The molecule has 0 aliphatic heterocycles. The molecule has 0 saturated heterocycles. The number of benzene rings is 1. The highest BCUT2D eigenvalue weighted by molar-refractivity contribution is 7.89. The number of nitrogens with one attached hydrogen (secondary N) is 1. The highest BCUT2D eigenvalue weighted by atomic mass is 32.2. The minimum absolute atomic E-state index is 0.246. The van der Waals surface area contributed by atoms with E-state index >= 15 is 0 Å². The van der Waals surface area contributed by atoms with Gasteiger partial charge in [0.05, 0.1) is 4.90 Å². The van der Waals surface area contributed by atoms with Crippen LogP contribution in [0.25, 0.3) is 0 Å². The zero-order valence-corrected chi connectivity index (χ0v) is 11.5. The molecule has 0 spiro atoms. The first-order valence-corrected chi connectivity index (χ1v) is 7.13. The Hall–Kier alpha value is -1.13. The Kier molecular flexibility index (Phi) is 7.50. The van der Waals surface area contributed by atoms with Crippen LogP contribution in [0.5, 0.6) is 0 Å². The molecular weight excluding hydrogens is 234 g/mol. The molecule has 1 aromatic carbocycles. The molecule has 1 N–H and O–H groups in total. The Morgan fingerprint density at radius 3 is 2.12 bits per heavy atom. The summed E-state index contributed by atoms with van der Waals surface area (Å²) in [5, 5.41) is 0. The predicted molar refractivity (Wildman–Crippen MR) is 72.5 cm³/mol. The smallest absolute Gasteiger partial charge is 0.207 e. The van der Waals surface area contributed by atoms with Crippen molar-refractivity contribution in [2.45, 2.75) is 32.1 Å². The molecule has 0 bridgehead atoms. The molecule has 0 radical (unpaired) electrons. The normalized spacial score (nSPS) is 10.3. The third-order valence-corrected chi connectivity index (χ3v) is 3.19. The second-order valence-electron chi connectivity index (χ2n) is 3.66. The van der Waals surface area contributed by atoms with E-state index in [1.54, 1.807) is 24.3 Å². The van der Waals surface area contributed by atoms with Crippen molar-refractivity contribution in [1.29, 1.82) is 0 Å². The van der Waals surface area contributed by atoms with E-state index in [0.29, 0.717) is 0 Å². The Balaban J connectivity index is 0.000000770. The van der Waals surface area contributed by atoms with Crippen molar-refractivity contribution in [3.8, 4) is 0 Å². The largest absolute Gasteiger partial charge is 0.240 e. The summed E-state index contributed by atoms with van der Waals surface area (Å²) in [6, 6.07) is 6.70. The topological polar surface area (TPSA) is 46.2 Å². The quantitative estimate of drug-likeness (QED) is 0.841. The Morgan fingerprint density at radius 2 is 1.71 bits per heavy atom. The second kappa shape index (κ2) is 8.03. The van der Waals surface area contributed by atoms with Crippen LogP contribution < -0.4 is 4.72 Å². The summed E-state index contributed by atoms with van der Waals surface area (Å²) < 4.78 is 25.5. The van der Waals surface area contributed by atoms with Gasteiger partial charge in [0.2, 0.25) is 10.0 Å². The van der Waals surface area contributed by atoms with Crippen LogP contribution in [0, 0.1) is 6.92 Å². The molecular formula is C13H21NO2S. The molecule has 0 aromatic heterocycles. The fourth-order valence-electron chi connectivity index (χ4n) is 0.969. The molecule has 3 nitrogen and oxygen atoms in total. The number of rotatable bonds is 4. The van der Waals surface area contributed by atoms with Crippen LogP contribution in [-0.2, 0) is 10.0 Å². The zero-order valence-electron chi connectivity index (χ0n) is 10.7. The lowest BCUT2D eigenvalue weighted by molar-refractivity contribution is 0.585. The fraction of sp³-hybridized carbons (Fsp3) is 0.385. The minimum atomic E-state index is -3.36. The van der Waals surface area contributed by atoms with E-state index in [2.05, 4.69) is 25.1 Å². The first kappa shape index (κ1) is 15.9. The first-order chi connectivity index (χ1) is 7.97. The summed E-state index contributed by atoms with van der Waals surface area (Å²) in [5.74, 6) is 0. The third kappa shape index (κ3) is 6.24. The van der Waals surface area contributed by atoms with E-state index in [9.17, 15) is 8.42 Å². The highest BCUT2D eigenvalue weighted by Gasteiger charge is 2.11. The summed E-state index contributed by atoms with van der Waals surface area (Å²) >= 11 is 0. The molecule has 1 rings (SSSR count). The SMILES string of the molecule is C=CCNS(=O)(=O)c1ccc(C)cc1.CCC. The standard InChI is InChI=1S/C10H13NO2S.C3H8/c1-3-8-11-14(12,13)10-6-4-9(2)5-7-10;1-3-2/h3-7,11H,1,8H2,2H3;3H2,1-2H3. The number of hydrogen-bond acceptors (Lipinski definition) is 2. The van der Waals surface area contributed by atoms with Crippen LogP contribution in [0.4, 0.5) is 0 Å². The molecule has 4 heteroatoms. The van der Waals surface area contributed by atoms with Crippen LogP contribution in [0.3, 0.4) is 0 Å². The van der Waals surface area contributed by atoms with Crippen molar-refractivity contribution in [3.63, 3.8) is 0 Å². The molecule has 17 heavy (non-hydrogen) atoms. The van der Waals surface area contributed by atoms with Crippen LogP contribution in [0.2, 0.25) is 0 Å². The molecule has 0 unspecified atom stereocenters. The minimum Gasteiger partial charge on any atom is -0.207 e. The maximum absolute atomic E-state index is 11.5. The molecule has 0 heterocycles. The molecule has 0 saturated carbocycles. The van der Waals surface area contributed by atoms with Crippen molar-refractivity contribution < 1.29 is 8.42 Å². The maximum atomic E-state index is 11.5. The van der Waals surface area contributed by atoms with Crippen molar-refractivity contribution >= 4 is 10.0 Å². The van der Waals surface area contributed by atoms with E-state index in [1.165, 1.54) is 12.5 Å². The van der Waals surface area contributed by atoms with E-state index in [0.717, 1.165) is 5.56 Å². The van der Waals surface area contributed by atoms with Crippen molar-refractivity contribution in [2.24, 2.45) is 0 Å². The van der Waals surface area contributed by atoms with E-state index < -0.39 is 10.0 Å². The van der Waals surface area contributed by atoms with Crippen molar-refractivity contribution in [1.82, 2.24) is 4.72 Å². The lowest BCUT2D eigenvalue weighted by Crippen LogP contribution is -2.23. The van der Waals surface area contributed by atoms with Gasteiger partial charge in [0.15, 0.2) is 0 Å². The van der Waals surface area contributed by atoms with E-state index in [4.69, 9.17) is 0 Å². The van der Waals surface area contributed by atoms with Gasteiger partial charge in [0.1, 0.15) is 0 Å². The average Bonchev–Trinajstić information content (AvgIpc) is 2.28. The van der Waals surface area contributed by atoms with Crippen molar-refractivity contribution in [2.75, 3.05) is 6.54 Å². The van der Waals surface area contributed by atoms with Gasteiger partial charge in [-0.3, -0.25) is 0 Å². The van der Waals surface area contributed by atoms with Gasteiger partial charge >= 0.3 is 0 Å². The maximum Gasteiger partial charge on any atom is 0.240 e. The van der Waals surface area contributed by atoms with Gasteiger partial charge in [-0.25, -0.2) is 13.1 Å². The summed E-state index contributed by atoms with van der Waals surface area (Å²) in [7, 11) is -3.36. The molecule has 0 atom stereocenters. The number of hydrogen-bond donors (Lipinski definition) is 1. The van der Waals surface area contributed by atoms with E-state index in [1.807, 2.05) is 6.92 Å². The number of sulfonamides is 1. The molecule has 0 amide bonds. The molecule has 0 aliphatic carbocycles. The predicted octanol–water partition coefficient (Wildman–Crippen LogP) is 2.88. The van der Waals surface area contributed by atoms with Gasteiger partial charge in [-0.15, -0.1) is 6.58 Å². The monoisotopic (exact) mass is 255 g/mol. The molecule has 96 valence electrons. The van der Waals surface area contributed by atoms with Crippen LogP contribution in [-0.4, -0.2) is 15.0 Å². The summed E-state index contributed by atoms with van der Waals surface area (Å²) in [4.78, 5) is 0.282. The van der Waals surface area contributed by atoms with Gasteiger partial charge in [0, 0.05) is 6.54 Å². The van der Waals surface area contributed by atoms with Gasteiger partial charge in [-0.05, 0) is 19.1 Å². The summed E-state index contributed by atoms with van der Waals surface area (Å²) in [5.41, 5.74) is 1.03. The third-order valence-electron chi connectivity index (χ3n) is 1.75. The lowest BCUT2D eigenvalue weighted by Gasteiger charge is -2.04. The summed E-state index contributed by atoms with van der Waals surface area (Å²) in [6.45, 7) is 9.85. The van der Waals surface area contributed by atoms with Gasteiger partial charge in [-0.2, -0.15) is 0 Å². The van der Waals surface area contributed by atoms with Crippen LogP contribution >= 0.6 is 0 Å². The summed E-state index contributed by atoms with van der Waals surface area (Å²) in [6.07, 6.45) is 2.76. The highest BCUT2D eigenvalue weighted by Crippen LogP contribution is 2.09. The number of aryl methyl sites for hydroxylation is 1. The van der Waals surface area contributed by atoms with Crippen molar-refractivity contribution in [3.05, 3.63) is 42.5 Å². The van der Waals surface area contributed by atoms with Gasteiger partial charge < -0.3 is 0 Å². The van der Waals surface area contributed by atoms with Gasteiger partial charge in [-0.1, -0.05) is 44.0 Å². The Labute approximate surface area is 105 Å². The average molecular weight is 255 g/mol. The zero-order chi connectivity index (χ0) is 13.3. The van der Waals surface area contributed by atoms with Gasteiger partial charge in [0.25, 0.3) is 0 Å². The Bertz CT molecular complexity index is 421. The molecule has 0 aliphatic rings. The molecule has 1 aromatic rings. The van der Waals surface area contributed by atoms with Crippen LogP contribution in [0.15, 0.2) is 41.8 Å². The van der Waals surface area contributed by atoms with Crippen LogP contribution in [0.1, 0.15) is 25.8 Å². The first-order valence-electron chi connectivity index (χ1n) is 5.65. The second-order valence-corrected chi connectivity index (χ2v) is 5.43. The lowest BCUT2D eigenvalue weighted by atomic mass is 10.2. The molecule has 0 fully saturated rings.